The number of hydrogen-bond acceptors (Lipinski definition) is 6. The molecule has 1 heterocycles. The second-order valence-corrected chi connectivity index (χ2v) is 8.81. The monoisotopic (exact) mass is 394 g/mol. The number of hydrogen-bond donors (Lipinski definition) is 2. The molecular weight excluding hydrogens is 372 g/mol. The topological polar surface area (TPSA) is 125 Å². The van der Waals surface area contributed by atoms with Gasteiger partial charge in [0.25, 0.3) is 5.91 Å². The van der Waals surface area contributed by atoms with Crippen molar-refractivity contribution in [2.24, 2.45) is 5.10 Å². The summed E-state index contributed by atoms with van der Waals surface area (Å²) in [6.07, 6.45) is 1.04. The van der Waals surface area contributed by atoms with Gasteiger partial charge in [0, 0.05) is 19.2 Å². The summed E-state index contributed by atoms with van der Waals surface area (Å²) in [6, 6.07) is 5.59. The van der Waals surface area contributed by atoms with Crippen molar-refractivity contribution < 1.29 is 22.8 Å². The van der Waals surface area contributed by atoms with Gasteiger partial charge in [0.2, 0.25) is 5.91 Å². The zero-order valence-corrected chi connectivity index (χ0v) is 16.4. The second-order valence-electron chi connectivity index (χ2n) is 6.79. The van der Waals surface area contributed by atoms with Crippen molar-refractivity contribution in [2.75, 3.05) is 12.8 Å². The molecule has 1 saturated heterocycles. The fraction of sp³-hybridized carbons (Fsp3) is 0.412. The molecule has 0 unspecified atom stereocenters. The zero-order chi connectivity index (χ0) is 20.4. The molecule has 0 aromatic heterocycles. The highest BCUT2D eigenvalue weighted by Crippen LogP contribution is 2.16. The smallest absolute Gasteiger partial charge is 0.324 e. The van der Waals surface area contributed by atoms with Gasteiger partial charge in [-0.15, -0.1) is 0 Å². The Hall–Kier alpha value is -2.75. The second kappa shape index (κ2) is 7.47. The first-order valence-corrected chi connectivity index (χ1v) is 10.1. The molecule has 0 atom stereocenters. The van der Waals surface area contributed by atoms with E-state index >= 15 is 0 Å². The standard InChI is InChI=1S/C17H22N4O5S/c1-11(12-5-7-13(8-6-12)27(4,25)26)19-20-14(22)9-10-21-15(23)17(2,3)18-16(21)24/h5-8H,9-10H2,1-4H3,(H,18,24)(H,20,22)/b19-11-. The van der Waals surface area contributed by atoms with Gasteiger partial charge in [-0.1, -0.05) is 12.1 Å². The minimum absolute atomic E-state index is 0.0441. The highest BCUT2D eigenvalue weighted by Gasteiger charge is 2.43. The van der Waals surface area contributed by atoms with Gasteiger partial charge in [-0.05, 0) is 38.5 Å². The quantitative estimate of drug-likeness (QED) is 0.416. The van der Waals surface area contributed by atoms with Crippen LogP contribution in [0.2, 0.25) is 0 Å². The molecule has 0 bridgehead atoms. The molecule has 27 heavy (non-hydrogen) atoms. The summed E-state index contributed by atoms with van der Waals surface area (Å²) >= 11 is 0. The lowest BCUT2D eigenvalue weighted by atomic mass is 10.1. The highest BCUT2D eigenvalue weighted by molar-refractivity contribution is 7.90. The Bertz CT molecular complexity index is 904. The van der Waals surface area contributed by atoms with E-state index in [9.17, 15) is 22.8 Å². The van der Waals surface area contributed by atoms with Crippen LogP contribution in [0.15, 0.2) is 34.3 Å². The number of rotatable bonds is 6. The van der Waals surface area contributed by atoms with Crippen molar-refractivity contribution in [3.8, 4) is 0 Å². The maximum Gasteiger partial charge on any atom is 0.325 e. The van der Waals surface area contributed by atoms with E-state index in [1.807, 2.05) is 0 Å². The molecule has 0 spiro atoms. The molecule has 1 aliphatic rings. The van der Waals surface area contributed by atoms with Crippen LogP contribution >= 0.6 is 0 Å². The number of hydrazone groups is 1. The molecule has 4 amide bonds. The number of imide groups is 1. The van der Waals surface area contributed by atoms with E-state index in [4.69, 9.17) is 0 Å². The van der Waals surface area contributed by atoms with Gasteiger partial charge < -0.3 is 5.32 Å². The predicted octanol–water partition coefficient (Wildman–Crippen LogP) is 0.651. The Kier molecular flexibility index (Phi) is 5.69. The summed E-state index contributed by atoms with van der Waals surface area (Å²) in [5, 5.41) is 6.50. The first-order valence-electron chi connectivity index (χ1n) is 8.19. The lowest BCUT2D eigenvalue weighted by molar-refractivity contribution is -0.130. The molecule has 2 N–H and O–H groups in total. The summed E-state index contributed by atoms with van der Waals surface area (Å²) in [5.74, 6) is -0.835. The van der Waals surface area contributed by atoms with Crippen molar-refractivity contribution in [2.45, 2.75) is 37.6 Å². The normalized spacial score (nSPS) is 17.0. The molecule has 0 saturated carbocycles. The first kappa shape index (κ1) is 20.6. The van der Waals surface area contributed by atoms with E-state index < -0.39 is 27.3 Å². The highest BCUT2D eigenvalue weighted by atomic mass is 32.2. The maximum atomic E-state index is 12.0. The molecule has 146 valence electrons. The number of amides is 4. The zero-order valence-electron chi connectivity index (χ0n) is 15.6. The molecular formula is C17H22N4O5S. The average Bonchev–Trinajstić information content (AvgIpc) is 2.77. The number of nitrogens with one attached hydrogen (secondary N) is 2. The van der Waals surface area contributed by atoms with E-state index in [1.54, 1.807) is 32.9 Å². The van der Waals surface area contributed by atoms with Gasteiger partial charge in [0.1, 0.15) is 5.54 Å². The van der Waals surface area contributed by atoms with Crippen molar-refractivity contribution in [3.63, 3.8) is 0 Å². The minimum atomic E-state index is -3.28. The van der Waals surface area contributed by atoms with Gasteiger partial charge in [-0.2, -0.15) is 5.10 Å². The third kappa shape index (κ3) is 4.91. The molecule has 10 heteroatoms. The number of carbonyl (C=O) groups excluding carboxylic acids is 3. The van der Waals surface area contributed by atoms with Crippen LogP contribution in [0.5, 0.6) is 0 Å². The van der Waals surface area contributed by atoms with Gasteiger partial charge in [0.15, 0.2) is 9.84 Å². The largest absolute Gasteiger partial charge is 0.325 e. The number of sulfone groups is 1. The van der Waals surface area contributed by atoms with Gasteiger partial charge in [-0.25, -0.2) is 18.6 Å². The summed E-state index contributed by atoms with van der Waals surface area (Å²) in [7, 11) is -3.28. The summed E-state index contributed by atoms with van der Waals surface area (Å²) in [6.45, 7) is 4.80. The van der Waals surface area contributed by atoms with Crippen molar-refractivity contribution in [1.82, 2.24) is 15.6 Å². The Morgan fingerprint density at radius 3 is 2.30 bits per heavy atom. The molecule has 1 aromatic rings. The summed E-state index contributed by atoms with van der Waals surface area (Å²) in [5.41, 5.74) is 2.53. The van der Waals surface area contributed by atoms with E-state index in [2.05, 4.69) is 15.8 Å². The number of benzene rings is 1. The van der Waals surface area contributed by atoms with Crippen LogP contribution in [0.25, 0.3) is 0 Å². The van der Waals surface area contributed by atoms with Gasteiger partial charge in [-0.3, -0.25) is 14.5 Å². The van der Waals surface area contributed by atoms with Crippen LogP contribution in [0.4, 0.5) is 4.79 Å². The summed E-state index contributed by atoms with van der Waals surface area (Å²) < 4.78 is 22.9. The number of nitrogens with zero attached hydrogens (tertiary/aromatic N) is 2. The SMILES string of the molecule is C/C(=N/NC(=O)CCN1C(=O)NC(C)(C)C1=O)c1ccc(S(C)(=O)=O)cc1. The third-order valence-electron chi connectivity index (χ3n) is 4.06. The van der Waals surface area contributed by atoms with Gasteiger partial charge in [0.05, 0.1) is 10.6 Å². The van der Waals surface area contributed by atoms with Crippen LogP contribution in [0, 0.1) is 0 Å². The van der Waals surface area contributed by atoms with Crippen molar-refractivity contribution >= 4 is 33.4 Å². The molecule has 1 aromatic carbocycles. The minimum Gasteiger partial charge on any atom is -0.324 e. The van der Waals surface area contributed by atoms with Crippen LogP contribution in [-0.4, -0.2) is 55.2 Å². The number of carbonyl (C=O) groups is 3. The Morgan fingerprint density at radius 1 is 1.22 bits per heavy atom. The van der Waals surface area contributed by atoms with E-state index in [0.717, 1.165) is 11.2 Å². The van der Waals surface area contributed by atoms with Crippen LogP contribution in [-0.2, 0) is 19.4 Å². The molecule has 1 aliphatic heterocycles. The molecule has 2 rings (SSSR count). The Morgan fingerprint density at radius 2 is 1.81 bits per heavy atom. The fourth-order valence-corrected chi connectivity index (χ4v) is 3.07. The Balaban J connectivity index is 1.92. The molecule has 1 fully saturated rings. The molecule has 0 radical (unpaired) electrons. The van der Waals surface area contributed by atoms with Crippen LogP contribution in [0.3, 0.4) is 0 Å². The van der Waals surface area contributed by atoms with Crippen LogP contribution in [0.1, 0.15) is 32.8 Å². The number of urea groups is 1. The predicted molar refractivity (Wildman–Crippen MR) is 98.8 cm³/mol. The molecule has 9 nitrogen and oxygen atoms in total. The summed E-state index contributed by atoms with van der Waals surface area (Å²) in [4.78, 5) is 36.9. The van der Waals surface area contributed by atoms with E-state index in [0.29, 0.717) is 11.3 Å². The average molecular weight is 394 g/mol. The van der Waals surface area contributed by atoms with E-state index in [-0.39, 0.29) is 23.8 Å². The van der Waals surface area contributed by atoms with Crippen molar-refractivity contribution in [1.29, 1.82) is 0 Å². The third-order valence-corrected chi connectivity index (χ3v) is 5.18. The fourth-order valence-electron chi connectivity index (χ4n) is 2.44. The first-order chi connectivity index (χ1) is 12.4. The van der Waals surface area contributed by atoms with Gasteiger partial charge >= 0.3 is 6.03 Å². The lowest BCUT2D eigenvalue weighted by Gasteiger charge is -2.15. The lowest BCUT2D eigenvalue weighted by Crippen LogP contribution is -2.40. The van der Waals surface area contributed by atoms with Crippen molar-refractivity contribution in [3.05, 3.63) is 29.8 Å². The molecule has 0 aliphatic carbocycles. The maximum absolute atomic E-state index is 12.0. The van der Waals surface area contributed by atoms with E-state index in [1.165, 1.54) is 12.1 Å². The van der Waals surface area contributed by atoms with Crippen LogP contribution < -0.4 is 10.7 Å². The Labute approximate surface area is 157 Å².